The fourth-order valence-corrected chi connectivity index (χ4v) is 25.7. The van der Waals surface area contributed by atoms with Gasteiger partial charge in [0.25, 0.3) is 0 Å². The maximum Gasteiger partial charge on any atom is 0.410 e. The predicted molar refractivity (Wildman–Crippen MR) is 481 cm³/mol. The summed E-state index contributed by atoms with van der Waals surface area (Å²) in [5.74, 6) is 0. The van der Waals surface area contributed by atoms with Crippen LogP contribution in [-0.4, -0.2) is 201 Å². The van der Waals surface area contributed by atoms with E-state index < -0.39 is 90.8 Å². The van der Waals surface area contributed by atoms with Gasteiger partial charge >= 0.3 is 30.2 Å². The maximum atomic E-state index is 12.8. The second kappa shape index (κ2) is 36.5. The Kier molecular flexibility index (Phi) is 25.7. The highest BCUT2D eigenvalue weighted by molar-refractivity contribution is 9.10. The van der Waals surface area contributed by atoms with Crippen LogP contribution in [0.3, 0.4) is 0 Å². The van der Waals surface area contributed by atoms with Gasteiger partial charge in [0.1, 0.15) is 31.2 Å². The van der Waals surface area contributed by atoms with Crippen LogP contribution in [0, 0.1) is 0 Å². The Morgan fingerprint density at radius 3 is 1.02 bits per heavy atom. The predicted octanol–water partition coefficient (Wildman–Crippen LogP) is 10.4. The van der Waals surface area contributed by atoms with Crippen LogP contribution >= 0.6 is 15.9 Å². The largest absolute Gasteiger partial charge is 0.444 e. The molecule has 8 N–H and O–H groups in total. The summed E-state index contributed by atoms with van der Waals surface area (Å²) >= 11 is 3.42. The first-order valence-electron chi connectivity index (χ1n) is 44.1. The van der Waals surface area contributed by atoms with E-state index in [1.165, 1.54) is 89.0 Å². The fraction of sp³-hybridized carbons (Fsp3) is 0.511. The molecule has 4 aromatic carbocycles. The third kappa shape index (κ3) is 19.9. The Morgan fingerprint density at radius 1 is 0.384 bits per heavy atom. The molecule has 20 rings (SSSR count). The summed E-state index contributed by atoms with van der Waals surface area (Å²) in [6, 6.07) is 20.0. The minimum atomic E-state index is -3.78. The van der Waals surface area contributed by atoms with Gasteiger partial charge in [-0.15, -0.1) is 0 Å². The van der Waals surface area contributed by atoms with Gasteiger partial charge in [0, 0.05) is 139 Å². The molecule has 5 saturated heterocycles. The quantitative estimate of drug-likeness (QED) is 0.0349. The van der Waals surface area contributed by atoms with Crippen molar-refractivity contribution in [2.24, 2.45) is 0 Å². The van der Waals surface area contributed by atoms with Crippen LogP contribution in [-0.2, 0) is 167 Å². The molecule has 8 aliphatic carbocycles. The molecule has 0 radical (unpaired) electrons. The monoisotopic (exact) mass is 1850 g/mol. The number of urea groups is 4. The Labute approximate surface area is 740 Å². The third-order valence-corrected chi connectivity index (χ3v) is 34.0. The molecule has 0 saturated carbocycles. The van der Waals surface area contributed by atoms with E-state index in [-0.39, 0.29) is 12.1 Å². The molecule has 30 nitrogen and oxygen atoms in total. The Morgan fingerprint density at radius 2 is 0.704 bits per heavy atom. The number of anilines is 4. The van der Waals surface area contributed by atoms with Crippen molar-refractivity contribution in [3.63, 3.8) is 0 Å². The number of hydrogen-bond acceptors (Lipinski definition) is 21. The number of hydrogen-bond donors (Lipinski definition) is 8. The lowest BCUT2D eigenvalue weighted by Gasteiger charge is -2.51. The average Bonchev–Trinajstić information content (AvgIpc) is 1.29. The molecule has 0 unspecified atom stereocenters. The number of benzene rings is 4. The first-order valence-corrected chi connectivity index (χ1v) is 51.1. The van der Waals surface area contributed by atoms with E-state index >= 15 is 0 Å². The van der Waals surface area contributed by atoms with Crippen LogP contribution in [0.2, 0.25) is 0 Å². The van der Waals surface area contributed by atoms with Gasteiger partial charge in [-0.3, -0.25) is 29.6 Å². The number of carbonyl (C=O) groups excluding carboxylic acids is 5. The van der Waals surface area contributed by atoms with Crippen LogP contribution in [0.25, 0.3) is 0 Å². The van der Waals surface area contributed by atoms with Gasteiger partial charge in [0.05, 0.1) is 5.69 Å². The molecular weight excluding hydrogens is 1740 g/mol. The number of carbonyl (C=O) groups is 5. The van der Waals surface area contributed by atoms with Crippen LogP contribution in [0.1, 0.15) is 178 Å². The standard InChI is InChI=1S/C24H34N4O5S.C22H25BrN4O3S.2C22H26N4O3S/c1-24(2,3)33-23(30)28-11-17(12-28)27-13-18(14-27)34(31,32)26-22(29)25-21-19-8-4-6-15(19)10-16-7-5-9-20(16)21;23-21-16(6-3-9-24-21)11-27-12-17(13-27)31(29,30)26-22(28)25-20-18-7-1-4-14(18)10-15-5-2-8-19(15)20;27-22(24-21-19-5-1-3-16(19)11-17-4-2-6-20(17)21)25-30(28,29)18-13-26(14-18)12-15-7-9-23-10-8-15;27-22(24-21-19-8-3-5-15(19)11-16-6-4-9-20(16)21)25-30(28,29)18-13-26(14-18)12-17-7-1-2-10-23-17/h10,17-18H,4-9,11-14H2,1-3H3,(H2,25,26,29);3,6,9-10,17H,1-2,4-5,7-8,11-13H2,(H2,25,26,28);7-11,18H,1-6,12-14H2,(H2,24,25,27);1-2,7,10-11,18H,3-6,8-9,12-14H2,(H2,24,25,27). The van der Waals surface area contributed by atoms with Crippen molar-refractivity contribution in [2.45, 2.75) is 227 Å². The molecular formula is C90H111BrN16O14S4. The highest BCUT2D eigenvalue weighted by atomic mass is 79.9. The summed E-state index contributed by atoms with van der Waals surface area (Å²) < 4.78 is 117. The molecule has 0 atom stereocenters. The number of halogens is 1. The number of likely N-dealkylation sites (tertiary alicyclic amines) is 5. The van der Waals surface area contributed by atoms with Crippen molar-refractivity contribution < 1.29 is 62.4 Å². The Hall–Kier alpha value is -9.20. The first kappa shape index (κ1) is 87.9. The first-order chi connectivity index (χ1) is 59.9. The maximum absolute atomic E-state index is 12.8. The van der Waals surface area contributed by atoms with Crippen molar-refractivity contribution in [3.8, 4) is 0 Å². The van der Waals surface area contributed by atoms with E-state index in [9.17, 15) is 57.6 Å². The zero-order valence-corrected chi connectivity index (χ0v) is 75.9. The summed E-state index contributed by atoms with van der Waals surface area (Å²) in [7, 11) is -15.0. The van der Waals surface area contributed by atoms with Gasteiger partial charge < -0.3 is 30.9 Å². The van der Waals surface area contributed by atoms with E-state index in [0.29, 0.717) is 85.1 Å². The molecule has 7 aromatic rings. The number of nitrogens with zero attached hydrogens (tertiary/aromatic N) is 8. The zero-order chi connectivity index (χ0) is 87.3. The van der Waals surface area contributed by atoms with Crippen LogP contribution in [0.5, 0.6) is 0 Å². The highest BCUT2D eigenvalue weighted by Crippen LogP contribution is 2.44. The molecule has 125 heavy (non-hydrogen) atoms. The molecule has 0 bridgehead atoms. The fourth-order valence-electron chi connectivity index (χ4n) is 20.2. The number of nitrogens with one attached hydrogen (secondary N) is 8. The molecule has 0 spiro atoms. The van der Waals surface area contributed by atoms with Crippen molar-refractivity contribution >= 4 is 109 Å². The molecule has 5 fully saturated rings. The van der Waals surface area contributed by atoms with E-state index in [4.69, 9.17) is 4.74 Å². The molecule has 3 aromatic heterocycles. The SMILES string of the molecule is CC(C)(C)OC(=O)N1CC(N2CC(S(=O)(=O)NC(=O)Nc3c4c(cc5c3CCC5)CCC4)C2)C1.O=C(Nc1c2c(cc3c1CCC3)CCC2)NS(=O)(=O)C1CN(Cc2ccccn2)C1.O=C(Nc1c2c(cc3c1CCC3)CCC2)NS(=O)(=O)C1CN(Cc2cccnc2Br)C1.O=C(Nc1c2c(cc3c1CCC3)CCC2)NS(=O)(=O)C1CN(Cc2ccncc2)C1. The lowest BCUT2D eigenvalue weighted by molar-refractivity contribution is -0.0275. The number of aryl methyl sites for hydroxylation is 8. The Balaban J connectivity index is 0.000000118. The topological polar surface area (TPSA) is 382 Å². The number of rotatable bonds is 19. The molecule has 8 heterocycles. The molecule has 666 valence electrons. The van der Waals surface area contributed by atoms with Gasteiger partial charge in [0.15, 0.2) is 0 Å². The average molecular weight is 1850 g/mol. The van der Waals surface area contributed by atoms with Crippen LogP contribution in [0.4, 0.5) is 46.7 Å². The summed E-state index contributed by atoms with van der Waals surface area (Å²) in [4.78, 5) is 84.9. The van der Waals surface area contributed by atoms with Crippen molar-refractivity contribution in [3.05, 3.63) is 202 Å². The Bertz CT molecular complexity index is 5530. The van der Waals surface area contributed by atoms with E-state index in [1.54, 1.807) is 29.7 Å². The number of aromatic nitrogens is 3. The van der Waals surface area contributed by atoms with Gasteiger partial charge in [-0.1, -0.05) is 36.4 Å². The third-order valence-electron chi connectivity index (χ3n) is 26.7. The minimum Gasteiger partial charge on any atom is -0.444 e. The molecule has 13 aliphatic rings. The van der Waals surface area contributed by atoms with Crippen molar-refractivity contribution in [1.29, 1.82) is 0 Å². The van der Waals surface area contributed by atoms with Crippen LogP contribution < -0.4 is 40.2 Å². The second-order valence-corrected chi connectivity index (χ2v) is 45.1. The van der Waals surface area contributed by atoms with Gasteiger partial charge in [0.2, 0.25) is 40.1 Å². The van der Waals surface area contributed by atoms with E-state index in [0.717, 1.165) is 198 Å². The van der Waals surface area contributed by atoms with Gasteiger partial charge in [-0.25, -0.2) is 81.5 Å². The van der Waals surface area contributed by atoms with Crippen LogP contribution in [0.15, 0.2) is 96.1 Å². The lowest BCUT2D eigenvalue weighted by Crippen LogP contribution is -2.69. The normalized spacial score (nSPS) is 19.1. The van der Waals surface area contributed by atoms with Crippen molar-refractivity contribution in [1.82, 2.24) is 58.3 Å². The second-order valence-electron chi connectivity index (χ2n) is 36.5. The van der Waals surface area contributed by atoms with Gasteiger partial charge in [-0.05, 0) is 321 Å². The van der Waals surface area contributed by atoms with E-state index in [1.807, 2.05) is 82.8 Å². The number of fused-ring (bicyclic) bond motifs is 8. The number of sulfonamides is 4. The highest BCUT2D eigenvalue weighted by Gasteiger charge is 2.48. The number of amides is 9. The van der Waals surface area contributed by atoms with Gasteiger partial charge in [-0.2, -0.15) is 0 Å². The zero-order valence-electron chi connectivity index (χ0n) is 71.0. The van der Waals surface area contributed by atoms with E-state index in [2.05, 4.69) is 95.3 Å². The number of pyridine rings is 3. The summed E-state index contributed by atoms with van der Waals surface area (Å²) in [6.07, 6.45) is 30.9. The molecule has 5 aliphatic heterocycles. The summed E-state index contributed by atoms with van der Waals surface area (Å²) in [6.45, 7) is 11.6. The summed E-state index contributed by atoms with van der Waals surface area (Å²) in [5, 5.41) is 9.21. The minimum absolute atomic E-state index is 0.127. The molecule has 9 amide bonds. The molecule has 35 heteroatoms. The van der Waals surface area contributed by atoms with Crippen molar-refractivity contribution in [2.75, 3.05) is 86.7 Å². The smallest absolute Gasteiger partial charge is 0.410 e. The number of ether oxygens (including phenoxy) is 1. The summed E-state index contributed by atoms with van der Waals surface area (Å²) in [5.41, 5.74) is 25.7. The lowest BCUT2D eigenvalue weighted by atomic mass is 9.99.